The summed E-state index contributed by atoms with van der Waals surface area (Å²) in [4.78, 5) is 2.30. The van der Waals surface area contributed by atoms with E-state index in [2.05, 4.69) is 25.9 Å². The van der Waals surface area contributed by atoms with Crippen molar-refractivity contribution in [2.24, 2.45) is 0 Å². The van der Waals surface area contributed by atoms with Crippen molar-refractivity contribution in [1.82, 2.24) is 4.90 Å². The van der Waals surface area contributed by atoms with E-state index in [9.17, 15) is 0 Å². The fourth-order valence-electron chi connectivity index (χ4n) is 1.26. The Hall–Kier alpha value is -0.0800. The van der Waals surface area contributed by atoms with Crippen molar-refractivity contribution < 1.29 is 4.74 Å². The summed E-state index contributed by atoms with van der Waals surface area (Å²) < 4.78 is 5.29. The Balaban J connectivity index is 2.48. The van der Waals surface area contributed by atoms with Crippen molar-refractivity contribution in [1.29, 1.82) is 0 Å². The predicted molar refractivity (Wildman–Crippen MR) is 42.1 cm³/mol. The minimum absolute atomic E-state index is 0.387. The van der Waals surface area contributed by atoms with Gasteiger partial charge in [0.2, 0.25) is 0 Å². The highest BCUT2D eigenvalue weighted by Gasteiger charge is 2.28. The lowest BCUT2D eigenvalue weighted by atomic mass is 9.91. The summed E-state index contributed by atoms with van der Waals surface area (Å²) in [6.07, 6.45) is 2.33. The van der Waals surface area contributed by atoms with Gasteiger partial charge in [-0.1, -0.05) is 0 Å². The molecular formula is C8H17NO. The van der Waals surface area contributed by atoms with E-state index in [0.717, 1.165) is 13.2 Å². The quantitative estimate of drug-likeness (QED) is 0.545. The van der Waals surface area contributed by atoms with Gasteiger partial charge in [0.15, 0.2) is 0 Å². The summed E-state index contributed by atoms with van der Waals surface area (Å²) in [5.41, 5.74) is 0.387. The average molecular weight is 143 g/mol. The van der Waals surface area contributed by atoms with Gasteiger partial charge in [0.05, 0.1) is 0 Å². The van der Waals surface area contributed by atoms with Crippen LogP contribution < -0.4 is 0 Å². The summed E-state index contributed by atoms with van der Waals surface area (Å²) in [5, 5.41) is 0. The highest BCUT2D eigenvalue weighted by atomic mass is 16.5. The minimum Gasteiger partial charge on any atom is -0.381 e. The van der Waals surface area contributed by atoms with E-state index in [0.29, 0.717) is 5.54 Å². The van der Waals surface area contributed by atoms with Crippen LogP contribution in [-0.2, 0) is 4.74 Å². The van der Waals surface area contributed by atoms with Crippen molar-refractivity contribution in [2.75, 3.05) is 27.3 Å². The molecule has 0 saturated carbocycles. The van der Waals surface area contributed by atoms with Gasteiger partial charge in [-0.3, -0.25) is 0 Å². The lowest BCUT2D eigenvalue weighted by Gasteiger charge is -2.39. The van der Waals surface area contributed by atoms with E-state index < -0.39 is 0 Å². The summed E-state index contributed by atoms with van der Waals surface area (Å²) in [6.45, 7) is 4.15. The van der Waals surface area contributed by atoms with Crippen LogP contribution in [0.15, 0.2) is 0 Å². The molecular weight excluding hydrogens is 126 g/mol. The maximum atomic E-state index is 5.29. The third-order valence-corrected chi connectivity index (χ3v) is 2.65. The molecule has 0 unspecified atom stereocenters. The first-order chi connectivity index (χ1) is 4.65. The summed E-state index contributed by atoms with van der Waals surface area (Å²) in [6, 6.07) is 0. The van der Waals surface area contributed by atoms with Crippen molar-refractivity contribution in [3.63, 3.8) is 0 Å². The first-order valence-electron chi connectivity index (χ1n) is 3.90. The van der Waals surface area contributed by atoms with E-state index >= 15 is 0 Å². The molecule has 0 amide bonds. The molecule has 1 saturated heterocycles. The third-order valence-electron chi connectivity index (χ3n) is 2.65. The van der Waals surface area contributed by atoms with Crippen LogP contribution in [0.2, 0.25) is 0 Å². The molecule has 0 N–H and O–H groups in total. The largest absolute Gasteiger partial charge is 0.381 e. The standard InChI is InChI=1S/C8H17NO/c1-8(9(2)3)4-6-10-7-5-8/h4-7H2,1-3H3. The number of ether oxygens (including phenoxy) is 1. The normalized spacial score (nSPS) is 25.2. The second kappa shape index (κ2) is 2.89. The monoisotopic (exact) mass is 143 g/mol. The molecule has 1 rings (SSSR count). The zero-order valence-corrected chi connectivity index (χ0v) is 7.18. The van der Waals surface area contributed by atoms with Gasteiger partial charge in [0.1, 0.15) is 0 Å². The Labute approximate surface area is 63.2 Å². The van der Waals surface area contributed by atoms with E-state index in [1.165, 1.54) is 12.8 Å². The fourth-order valence-corrected chi connectivity index (χ4v) is 1.26. The zero-order chi connectivity index (χ0) is 7.61. The molecule has 10 heavy (non-hydrogen) atoms. The molecule has 1 aliphatic heterocycles. The van der Waals surface area contributed by atoms with Gasteiger partial charge in [0.25, 0.3) is 0 Å². The topological polar surface area (TPSA) is 12.5 Å². The van der Waals surface area contributed by atoms with Gasteiger partial charge in [-0.2, -0.15) is 0 Å². The summed E-state index contributed by atoms with van der Waals surface area (Å²) >= 11 is 0. The van der Waals surface area contributed by atoms with Crippen molar-refractivity contribution in [3.05, 3.63) is 0 Å². The first kappa shape index (κ1) is 8.02. The SMILES string of the molecule is CN(C)C1(C)CCOCC1. The molecule has 1 fully saturated rings. The Morgan fingerprint density at radius 2 is 1.70 bits per heavy atom. The molecule has 0 spiro atoms. The highest BCUT2D eigenvalue weighted by Crippen LogP contribution is 2.24. The van der Waals surface area contributed by atoms with Crippen LogP contribution in [0, 0.1) is 0 Å². The summed E-state index contributed by atoms with van der Waals surface area (Å²) in [7, 11) is 4.29. The Bertz CT molecular complexity index is 106. The second-order valence-corrected chi connectivity index (χ2v) is 3.50. The first-order valence-corrected chi connectivity index (χ1v) is 3.90. The number of hydrogen-bond donors (Lipinski definition) is 0. The Kier molecular flexibility index (Phi) is 2.32. The molecule has 0 aromatic rings. The van der Waals surface area contributed by atoms with E-state index in [4.69, 9.17) is 4.74 Å². The van der Waals surface area contributed by atoms with Gasteiger partial charge in [-0.15, -0.1) is 0 Å². The van der Waals surface area contributed by atoms with Crippen molar-refractivity contribution in [2.45, 2.75) is 25.3 Å². The number of hydrogen-bond acceptors (Lipinski definition) is 2. The molecule has 0 aromatic heterocycles. The fraction of sp³-hybridized carbons (Fsp3) is 1.00. The number of nitrogens with zero attached hydrogens (tertiary/aromatic N) is 1. The molecule has 2 heteroatoms. The van der Waals surface area contributed by atoms with E-state index in [1.54, 1.807) is 0 Å². The van der Waals surface area contributed by atoms with Crippen LogP contribution in [0.3, 0.4) is 0 Å². The van der Waals surface area contributed by atoms with Crippen LogP contribution in [0.5, 0.6) is 0 Å². The maximum absolute atomic E-state index is 5.29. The van der Waals surface area contributed by atoms with Gasteiger partial charge in [0, 0.05) is 18.8 Å². The van der Waals surface area contributed by atoms with Gasteiger partial charge < -0.3 is 9.64 Å². The smallest absolute Gasteiger partial charge is 0.0483 e. The molecule has 0 radical (unpaired) electrons. The van der Waals surface area contributed by atoms with Crippen LogP contribution >= 0.6 is 0 Å². The molecule has 1 heterocycles. The molecule has 1 aliphatic rings. The van der Waals surface area contributed by atoms with Crippen LogP contribution in [-0.4, -0.2) is 37.7 Å². The van der Waals surface area contributed by atoms with E-state index in [1.807, 2.05) is 0 Å². The van der Waals surface area contributed by atoms with Gasteiger partial charge in [-0.05, 0) is 33.9 Å². The highest BCUT2D eigenvalue weighted by molar-refractivity contribution is 4.84. The summed E-state index contributed by atoms with van der Waals surface area (Å²) in [5.74, 6) is 0. The van der Waals surface area contributed by atoms with Crippen molar-refractivity contribution in [3.8, 4) is 0 Å². The third kappa shape index (κ3) is 1.50. The van der Waals surface area contributed by atoms with Crippen LogP contribution in [0.4, 0.5) is 0 Å². The lowest BCUT2D eigenvalue weighted by molar-refractivity contribution is 0.00239. The lowest BCUT2D eigenvalue weighted by Crippen LogP contribution is -2.45. The second-order valence-electron chi connectivity index (χ2n) is 3.50. The predicted octanol–water partition coefficient (Wildman–Crippen LogP) is 1.12. The van der Waals surface area contributed by atoms with Gasteiger partial charge in [-0.25, -0.2) is 0 Å². The van der Waals surface area contributed by atoms with Crippen molar-refractivity contribution >= 4 is 0 Å². The molecule has 0 atom stereocenters. The molecule has 2 nitrogen and oxygen atoms in total. The zero-order valence-electron chi connectivity index (χ0n) is 7.18. The van der Waals surface area contributed by atoms with E-state index in [-0.39, 0.29) is 0 Å². The molecule has 0 aromatic carbocycles. The van der Waals surface area contributed by atoms with Crippen LogP contribution in [0.1, 0.15) is 19.8 Å². The average Bonchev–Trinajstić information content (AvgIpc) is 1.89. The maximum Gasteiger partial charge on any atom is 0.0483 e. The molecule has 0 bridgehead atoms. The number of rotatable bonds is 1. The van der Waals surface area contributed by atoms with Gasteiger partial charge >= 0.3 is 0 Å². The Morgan fingerprint density at radius 1 is 1.20 bits per heavy atom. The Morgan fingerprint density at radius 3 is 2.00 bits per heavy atom. The molecule has 60 valence electrons. The minimum atomic E-state index is 0.387. The molecule has 0 aliphatic carbocycles. The van der Waals surface area contributed by atoms with Crippen LogP contribution in [0.25, 0.3) is 0 Å².